The van der Waals surface area contributed by atoms with E-state index in [-0.39, 0.29) is 0 Å². The van der Waals surface area contributed by atoms with Crippen LogP contribution in [0.25, 0.3) is 11.0 Å². The van der Waals surface area contributed by atoms with Crippen LogP contribution in [-0.4, -0.2) is 0 Å². The summed E-state index contributed by atoms with van der Waals surface area (Å²) in [4.78, 5) is 0. The number of halogens is 3. The second-order valence-corrected chi connectivity index (χ2v) is 4.07. The second-order valence-electron chi connectivity index (χ2n) is 4.07. The zero-order valence-corrected chi connectivity index (χ0v) is 9.47. The van der Waals surface area contributed by atoms with Gasteiger partial charge in [-0.1, -0.05) is 13.3 Å². The molecule has 0 fully saturated rings. The Hall–Kier alpha value is -1.45. The molecule has 0 aliphatic heterocycles. The van der Waals surface area contributed by atoms with Gasteiger partial charge in [-0.15, -0.1) is 0 Å². The lowest BCUT2D eigenvalue weighted by atomic mass is 10.1. The molecule has 0 atom stereocenters. The Bertz CT molecular complexity index is 511. The Labute approximate surface area is 97.2 Å². The monoisotopic (exact) mass is 242 g/mol. The minimum Gasteiger partial charge on any atom is -0.461 e. The maximum Gasteiger partial charge on any atom is 0.416 e. The summed E-state index contributed by atoms with van der Waals surface area (Å²) < 4.78 is 43.0. The van der Waals surface area contributed by atoms with Gasteiger partial charge in [-0.2, -0.15) is 13.2 Å². The number of unbranched alkanes of at least 4 members (excludes halogenated alkanes) is 1. The third-order valence-corrected chi connectivity index (χ3v) is 2.67. The molecule has 0 N–H and O–H groups in total. The van der Waals surface area contributed by atoms with Gasteiger partial charge in [0.25, 0.3) is 0 Å². The van der Waals surface area contributed by atoms with Crippen LogP contribution >= 0.6 is 0 Å². The van der Waals surface area contributed by atoms with E-state index in [9.17, 15) is 13.2 Å². The van der Waals surface area contributed by atoms with E-state index in [1.54, 1.807) is 6.07 Å². The molecule has 0 spiro atoms. The van der Waals surface area contributed by atoms with Crippen LogP contribution in [0.2, 0.25) is 0 Å². The average molecular weight is 242 g/mol. The summed E-state index contributed by atoms with van der Waals surface area (Å²) in [5.74, 6) is 0.751. The van der Waals surface area contributed by atoms with Crippen LogP contribution in [0.3, 0.4) is 0 Å². The minimum atomic E-state index is -4.30. The van der Waals surface area contributed by atoms with Gasteiger partial charge in [-0.3, -0.25) is 0 Å². The van der Waals surface area contributed by atoms with Crippen LogP contribution in [0.5, 0.6) is 0 Å². The van der Waals surface area contributed by atoms with E-state index in [4.69, 9.17) is 4.42 Å². The van der Waals surface area contributed by atoms with Gasteiger partial charge in [0, 0.05) is 11.8 Å². The Balaban J connectivity index is 2.34. The van der Waals surface area contributed by atoms with Gasteiger partial charge in [0.05, 0.1) is 5.56 Å². The van der Waals surface area contributed by atoms with E-state index in [0.29, 0.717) is 11.0 Å². The van der Waals surface area contributed by atoms with Gasteiger partial charge in [-0.25, -0.2) is 0 Å². The van der Waals surface area contributed by atoms with Gasteiger partial charge in [0.1, 0.15) is 11.3 Å². The minimum absolute atomic E-state index is 0.518. The topological polar surface area (TPSA) is 13.1 Å². The van der Waals surface area contributed by atoms with Gasteiger partial charge < -0.3 is 4.42 Å². The first-order chi connectivity index (χ1) is 8.00. The maximum absolute atomic E-state index is 12.5. The number of alkyl halides is 3. The van der Waals surface area contributed by atoms with Crippen LogP contribution in [0.15, 0.2) is 28.7 Å². The Morgan fingerprint density at radius 1 is 1.18 bits per heavy atom. The van der Waals surface area contributed by atoms with Crippen LogP contribution in [-0.2, 0) is 12.6 Å². The smallest absolute Gasteiger partial charge is 0.416 e. The number of furan rings is 1. The number of hydrogen-bond donors (Lipinski definition) is 0. The van der Waals surface area contributed by atoms with Crippen molar-refractivity contribution in [3.63, 3.8) is 0 Å². The van der Waals surface area contributed by atoms with Crippen molar-refractivity contribution in [1.82, 2.24) is 0 Å². The predicted octanol–water partition coefficient (Wildman–Crippen LogP) is 4.79. The van der Waals surface area contributed by atoms with Crippen molar-refractivity contribution < 1.29 is 17.6 Å². The first kappa shape index (κ1) is 12.0. The summed E-state index contributed by atoms with van der Waals surface area (Å²) in [6.07, 6.45) is -1.52. The third-order valence-electron chi connectivity index (χ3n) is 2.67. The normalized spacial score (nSPS) is 12.2. The second kappa shape index (κ2) is 4.43. The highest BCUT2D eigenvalue weighted by atomic mass is 19.4. The lowest BCUT2D eigenvalue weighted by Gasteiger charge is -2.04. The summed E-state index contributed by atoms with van der Waals surface area (Å²) in [6.45, 7) is 2.06. The highest BCUT2D eigenvalue weighted by Gasteiger charge is 2.30. The highest BCUT2D eigenvalue weighted by Crippen LogP contribution is 2.32. The van der Waals surface area contributed by atoms with Crippen molar-refractivity contribution in [2.24, 2.45) is 0 Å². The number of benzene rings is 1. The van der Waals surface area contributed by atoms with Crippen LogP contribution in [0.4, 0.5) is 13.2 Å². The molecule has 0 aliphatic carbocycles. The van der Waals surface area contributed by atoms with Gasteiger partial charge in [0.15, 0.2) is 0 Å². The van der Waals surface area contributed by atoms with Crippen LogP contribution in [0.1, 0.15) is 31.1 Å². The lowest BCUT2D eigenvalue weighted by Crippen LogP contribution is -2.03. The van der Waals surface area contributed by atoms with E-state index in [1.807, 2.05) is 0 Å². The molecule has 1 nitrogen and oxygen atoms in total. The predicted molar refractivity (Wildman–Crippen MR) is 59.8 cm³/mol. The maximum atomic E-state index is 12.5. The molecule has 4 heteroatoms. The molecule has 0 unspecified atom stereocenters. The Kier molecular flexibility index (Phi) is 3.13. The molecule has 0 amide bonds. The summed E-state index contributed by atoms with van der Waals surface area (Å²) in [5, 5.41) is 0.519. The molecule has 92 valence electrons. The van der Waals surface area contributed by atoms with Gasteiger partial charge in [-0.05, 0) is 30.7 Å². The van der Waals surface area contributed by atoms with Crippen molar-refractivity contribution >= 4 is 11.0 Å². The fourth-order valence-electron chi connectivity index (χ4n) is 1.75. The van der Waals surface area contributed by atoms with Crippen molar-refractivity contribution in [1.29, 1.82) is 0 Å². The molecule has 1 heterocycles. The molecule has 0 radical (unpaired) electrons. The number of hydrogen-bond acceptors (Lipinski definition) is 1. The zero-order valence-electron chi connectivity index (χ0n) is 9.47. The zero-order chi connectivity index (χ0) is 12.5. The Morgan fingerprint density at radius 3 is 2.59 bits per heavy atom. The Morgan fingerprint density at radius 2 is 1.94 bits per heavy atom. The molecule has 1 aromatic heterocycles. The molecule has 0 saturated heterocycles. The van der Waals surface area contributed by atoms with E-state index < -0.39 is 11.7 Å². The summed E-state index contributed by atoms with van der Waals surface area (Å²) in [7, 11) is 0. The van der Waals surface area contributed by atoms with Crippen molar-refractivity contribution in [2.45, 2.75) is 32.4 Å². The quantitative estimate of drug-likeness (QED) is 0.753. The summed E-state index contributed by atoms with van der Waals surface area (Å²) in [6, 6.07) is 5.26. The molecule has 0 bridgehead atoms. The highest BCUT2D eigenvalue weighted by molar-refractivity contribution is 5.78. The largest absolute Gasteiger partial charge is 0.461 e. The number of rotatable bonds is 3. The molecule has 2 aromatic rings. The summed E-state index contributed by atoms with van der Waals surface area (Å²) >= 11 is 0. The molecule has 2 rings (SSSR count). The van der Waals surface area contributed by atoms with Crippen molar-refractivity contribution in [3.05, 3.63) is 35.6 Å². The van der Waals surface area contributed by atoms with E-state index >= 15 is 0 Å². The molecule has 0 aliphatic rings. The summed E-state index contributed by atoms with van der Waals surface area (Å²) in [5.41, 5.74) is -0.114. The van der Waals surface area contributed by atoms with E-state index in [0.717, 1.165) is 37.2 Å². The molecule has 1 aromatic carbocycles. The lowest BCUT2D eigenvalue weighted by molar-refractivity contribution is -0.137. The van der Waals surface area contributed by atoms with Gasteiger partial charge in [0.2, 0.25) is 0 Å². The van der Waals surface area contributed by atoms with Crippen molar-refractivity contribution in [3.8, 4) is 0 Å². The first-order valence-electron chi connectivity index (χ1n) is 5.60. The third kappa shape index (κ3) is 2.62. The molecular formula is C13H13F3O. The molecular weight excluding hydrogens is 229 g/mol. The number of fused-ring (bicyclic) bond motifs is 1. The average Bonchev–Trinajstić information content (AvgIpc) is 2.66. The van der Waals surface area contributed by atoms with E-state index in [1.165, 1.54) is 6.07 Å². The molecule has 17 heavy (non-hydrogen) atoms. The standard InChI is InChI=1S/C13H13F3O/c1-2-3-4-11-8-9-7-10(13(14,15)16)5-6-12(9)17-11/h5-8H,2-4H2,1H3. The van der Waals surface area contributed by atoms with Gasteiger partial charge >= 0.3 is 6.18 Å². The fourth-order valence-corrected chi connectivity index (χ4v) is 1.75. The fraction of sp³-hybridized carbons (Fsp3) is 0.385. The van der Waals surface area contributed by atoms with E-state index in [2.05, 4.69) is 6.92 Å². The van der Waals surface area contributed by atoms with Crippen LogP contribution in [0, 0.1) is 0 Å². The number of aryl methyl sites for hydroxylation is 1. The van der Waals surface area contributed by atoms with Crippen LogP contribution < -0.4 is 0 Å². The SMILES string of the molecule is CCCCc1cc2cc(C(F)(F)F)ccc2o1. The van der Waals surface area contributed by atoms with Crippen molar-refractivity contribution in [2.75, 3.05) is 0 Å². The molecule has 0 saturated carbocycles. The first-order valence-corrected chi connectivity index (χ1v) is 5.60.